The van der Waals surface area contributed by atoms with Crippen molar-refractivity contribution >= 4 is 23.5 Å². The van der Waals surface area contributed by atoms with E-state index in [0.29, 0.717) is 0 Å². The molecule has 0 spiro atoms. The van der Waals surface area contributed by atoms with Gasteiger partial charge in [0.2, 0.25) is 0 Å². The number of rotatable bonds is 7. The molecule has 0 nitrogen and oxygen atoms in total. The first-order valence-electron chi connectivity index (χ1n) is 7.61. The van der Waals surface area contributed by atoms with E-state index in [1.165, 1.54) is 53.0 Å². The zero-order chi connectivity index (χ0) is 14.2. The largest absolute Gasteiger partial charge is 0.141 e. The Morgan fingerprint density at radius 1 is 0.900 bits per heavy atom. The predicted octanol–water partition coefficient (Wildman–Crippen LogP) is 6.35. The maximum atomic E-state index is 2.28. The van der Waals surface area contributed by atoms with Crippen LogP contribution in [0.15, 0.2) is 36.4 Å². The number of unbranched alkanes of at least 4 members (excludes halogenated alkanes) is 3. The Morgan fingerprint density at radius 3 is 2.45 bits per heavy atom. The van der Waals surface area contributed by atoms with Gasteiger partial charge in [-0.05, 0) is 43.5 Å². The Morgan fingerprint density at radius 2 is 1.70 bits per heavy atom. The normalized spacial score (nSPS) is 11.3. The number of thiophene rings is 1. The second-order valence-corrected chi connectivity index (χ2v) is 6.56. The molecule has 0 aliphatic rings. The van der Waals surface area contributed by atoms with Crippen LogP contribution >= 0.6 is 11.3 Å². The van der Waals surface area contributed by atoms with Crippen LogP contribution in [0.25, 0.3) is 12.2 Å². The standard InChI is InChI=1S/C19H24S/c1-3-4-5-6-7-18-14-15-19(20-18)13-12-17-10-8-16(2)9-11-17/h8-15H,3-7H2,1-2H3/b13-12+. The van der Waals surface area contributed by atoms with Gasteiger partial charge in [0, 0.05) is 9.75 Å². The van der Waals surface area contributed by atoms with Gasteiger partial charge in [-0.15, -0.1) is 11.3 Å². The van der Waals surface area contributed by atoms with Gasteiger partial charge < -0.3 is 0 Å². The van der Waals surface area contributed by atoms with E-state index in [1.807, 2.05) is 11.3 Å². The van der Waals surface area contributed by atoms with E-state index >= 15 is 0 Å². The number of aryl methyl sites for hydroxylation is 2. The molecule has 2 rings (SSSR count). The third-order valence-electron chi connectivity index (χ3n) is 3.48. The smallest absolute Gasteiger partial charge is 0.0273 e. The van der Waals surface area contributed by atoms with Gasteiger partial charge in [-0.1, -0.05) is 62.1 Å². The van der Waals surface area contributed by atoms with E-state index < -0.39 is 0 Å². The van der Waals surface area contributed by atoms with E-state index in [0.717, 1.165) is 0 Å². The second kappa shape index (κ2) is 8.06. The highest BCUT2D eigenvalue weighted by molar-refractivity contribution is 7.12. The minimum Gasteiger partial charge on any atom is -0.141 e. The lowest BCUT2D eigenvalue weighted by atomic mass is 10.1. The molecule has 0 N–H and O–H groups in total. The molecule has 0 unspecified atom stereocenters. The number of benzene rings is 1. The van der Waals surface area contributed by atoms with Gasteiger partial charge in [-0.2, -0.15) is 0 Å². The summed E-state index contributed by atoms with van der Waals surface area (Å²) in [6.45, 7) is 4.39. The summed E-state index contributed by atoms with van der Waals surface area (Å²) < 4.78 is 0. The van der Waals surface area contributed by atoms with Crippen molar-refractivity contribution < 1.29 is 0 Å². The molecular formula is C19H24S. The predicted molar refractivity (Wildman–Crippen MR) is 92.3 cm³/mol. The highest BCUT2D eigenvalue weighted by Gasteiger charge is 1.98. The molecule has 0 aliphatic heterocycles. The number of hydrogen-bond acceptors (Lipinski definition) is 1. The molecule has 0 saturated carbocycles. The van der Waals surface area contributed by atoms with Gasteiger partial charge >= 0.3 is 0 Å². The third kappa shape index (κ3) is 4.97. The molecule has 0 aliphatic carbocycles. The fourth-order valence-electron chi connectivity index (χ4n) is 2.20. The monoisotopic (exact) mass is 284 g/mol. The van der Waals surface area contributed by atoms with Crippen LogP contribution in [0.1, 0.15) is 53.5 Å². The zero-order valence-electron chi connectivity index (χ0n) is 12.6. The van der Waals surface area contributed by atoms with Crippen LogP contribution in [-0.2, 0) is 6.42 Å². The summed E-state index contributed by atoms with van der Waals surface area (Å²) in [6.07, 6.45) is 11.0. The molecule has 0 bridgehead atoms. The second-order valence-electron chi connectivity index (χ2n) is 5.36. The summed E-state index contributed by atoms with van der Waals surface area (Å²) in [5, 5.41) is 0. The Bertz CT molecular complexity index is 531. The van der Waals surface area contributed by atoms with E-state index in [-0.39, 0.29) is 0 Å². The van der Waals surface area contributed by atoms with Crippen molar-refractivity contribution in [1.29, 1.82) is 0 Å². The van der Waals surface area contributed by atoms with Crippen molar-refractivity contribution in [2.45, 2.75) is 46.0 Å². The summed E-state index contributed by atoms with van der Waals surface area (Å²) in [4.78, 5) is 2.88. The number of hydrogen-bond donors (Lipinski definition) is 0. The van der Waals surface area contributed by atoms with Crippen LogP contribution in [-0.4, -0.2) is 0 Å². The van der Waals surface area contributed by atoms with Crippen molar-refractivity contribution in [3.63, 3.8) is 0 Å². The van der Waals surface area contributed by atoms with Gasteiger partial charge in [0.25, 0.3) is 0 Å². The van der Waals surface area contributed by atoms with Gasteiger partial charge in [-0.25, -0.2) is 0 Å². The molecule has 1 aromatic carbocycles. The first kappa shape index (κ1) is 15.1. The average Bonchev–Trinajstić information content (AvgIpc) is 2.91. The topological polar surface area (TPSA) is 0 Å². The van der Waals surface area contributed by atoms with Crippen molar-refractivity contribution in [2.24, 2.45) is 0 Å². The molecule has 0 radical (unpaired) electrons. The average molecular weight is 284 g/mol. The summed E-state index contributed by atoms with van der Waals surface area (Å²) >= 11 is 1.93. The van der Waals surface area contributed by atoms with E-state index in [4.69, 9.17) is 0 Å². The Labute approximate surface area is 127 Å². The van der Waals surface area contributed by atoms with Crippen LogP contribution in [0.2, 0.25) is 0 Å². The van der Waals surface area contributed by atoms with Gasteiger partial charge in [-0.3, -0.25) is 0 Å². The fraction of sp³-hybridized carbons (Fsp3) is 0.368. The first-order chi connectivity index (χ1) is 9.78. The fourth-order valence-corrected chi connectivity index (χ4v) is 3.16. The summed E-state index contributed by atoms with van der Waals surface area (Å²) in [7, 11) is 0. The van der Waals surface area contributed by atoms with E-state index in [1.54, 1.807) is 0 Å². The van der Waals surface area contributed by atoms with Gasteiger partial charge in [0.15, 0.2) is 0 Å². The van der Waals surface area contributed by atoms with Crippen LogP contribution in [0.4, 0.5) is 0 Å². The molecule has 1 heterocycles. The lowest BCUT2D eigenvalue weighted by Crippen LogP contribution is -1.80. The highest BCUT2D eigenvalue weighted by atomic mass is 32.1. The summed E-state index contributed by atoms with van der Waals surface area (Å²) in [5.41, 5.74) is 2.58. The van der Waals surface area contributed by atoms with Crippen LogP contribution < -0.4 is 0 Å². The van der Waals surface area contributed by atoms with Crippen molar-refractivity contribution in [2.75, 3.05) is 0 Å². The molecule has 0 saturated heterocycles. The Hall–Kier alpha value is -1.34. The lowest BCUT2D eigenvalue weighted by Gasteiger charge is -1.96. The Balaban J connectivity index is 1.87. The molecular weight excluding hydrogens is 260 g/mol. The van der Waals surface area contributed by atoms with Crippen LogP contribution in [0, 0.1) is 6.92 Å². The van der Waals surface area contributed by atoms with E-state index in [9.17, 15) is 0 Å². The SMILES string of the molecule is CCCCCCc1ccc(/C=C/c2ccc(C)cc2)s1. The zero-order valence-corrected chi connectivity index (χ0v) is 13.4. The van der Waals surface area contributed by atoms with Crippen molar-refractivity contribution in [3.8, 4) is 0 Å². The molecule has 0 amide bonds. The minimum absolute atomic E-state index is 1.24. The molecule has 0 atom stereocenters. The van der Waals surface area contributed by atoms with Crippen LogP contribution in [0.3, 0.4) is 0 Å². The van der Waals surface area contributed by atoms with Gasteiger partial charge in [0.1, 0.15) is 0 Å². The first-order valence-corrected chi connectivity index (χ1v) is 8.43. The Kier molecular flexibility index (Phi) is 6.07. The van der Waals surface area contributed by atoms with Crippen molar-refractivity contribution in [1.82, 2.24) is 0 Å². The van der Waals surface area contributed by atoms with E-state index in [2.05, 4.69) is 62.4 Å². The quantitative estimate of drug-likeness (QED) is 0.520. The lowest BCUT2D eigenvalue weighted by molar-refractivity contribution is 0.670. The maximum Gasteiger partial charge on any atom is 0.0273 e. The van der Waals surface area contributed by atoms with Gasteiger partial charge in [0.05, 0.1) is 0 Å². The highest BCUT2D eigenvalue weighted by Crippen LogP contribution is 2.21. The summed E-state index contributed by atoms with van der Waals surface area (Å²) in [6, 6.07) is 13.2. The minimum atomic E-state index is 1.24. The maximum absolute atomic E-state index is 2.28. The van der Waals surface area contributed by atoms with Crippen molar-refractivity contribution in [3.05, 3.63) is 57.3 Å². The third-order valence-corrected chi connectivity index (χ3v) is 4.59. The summed E-state index contributed by atoms with van der Waals surface area (Å²) in [5.74, 6) is 0. The van der Waals surface area contributed by atoms with Crippen LogP contribution in [0.5, 0.6) is 0 Å². The molecule has 20 heavy (non-hydrogen) atoms. The molecule has 1 heteroatoms. The molecule has 106 valence electrons. The molecule has 2 aromatic rings. The molecule has 1 aromatic heterocycles. The molecule has 0 fully saturated rings.